The van der Waals surface area contributed by atoms with Gasteiger partial charge in [0.15, 0.2) is 0 Å². The van der Waals surface area contributed by atoms with Gasteiger partial charge in [0.05, 0.1) is 25.4 Å². The standard InChI is InChI=1S/C13H16F3N3O3/c1-8(5-3-4-6-10(20)22-2)18-9-7-17-19-12(21)11(9)13(14,15)16/h3-4,7-8H,5-6H2,1-2H3,(H2,18,19,21)/b4-3+/t8-/m0/s1. The summed E-state index contributed by atoms with van der Waals surface area (Å²) in [6.45, 7) is 1.64. The first-order valence-electron chi connectivity index (χ1n) is 6.39. The van der Waals surface area contributed by atoms with Crippen LogP contribution >= 0.6 is 0 Å². The van der Waals surface area contributed by atoms with Gasteiger partial charge in [0.1, 0.15) is 5.56 Å². The van der Waals surface area contributed by atoms with Gasteiger partial charge in [-0.1, -0.05) is 12.2 Å². The first-order valence-corrected chi connectivity index (χ1v) is 6.39. The number of nitrogens with one attached hydrogen (secondary N) is 2. The molecule has 0 bridgehead atoms. The van der Waals surface area contributed by atoms with Crippen LogP contribution in [0.1, 0.15) is 25.3 Å². The van der Waals surface area contributed by atoms with Gasteiger partial charge in [-0.25, -0.2) is 5.10 Å². The molecule has 2 N–H and O–H groups in total. The number of anilines is 1. The average molecular weight is 319 g/mol. The summed E-state index contributed by atoms with van der Waals surface area (Å²) in [5.41, 5.74) is -3.00. The van der Waals surface area contributed by atoms with Crippen molar-refractivity contribution in [2.75, 3.05) is 12.4 Å². The molecule has 6 nitrogen and oxygen atoms in total. The summed E-state index contributed by atoms with van der Waals surface area (Å²) in [6, 6.07) is -0.390. The fraction of sp³-hybridized carbons (Fsp3) is 0.462. The zero-order chi connectivity index (χ0) is 16.8. The van der Waals surface area contributed by atoms with Crippen molar-refractivity contribution in [1.82, 2.24) is 10.2 Å². The number of rotatable bonds is 6. The van der Waals surface area contributed by atoms with Crippen LogP contribution in [0.3, 0.4) is 0 Å². The molecule has 0 radical (unpaired) electrons. The molecule has 1 heterocycles. The number of H-pyrrole nitrogens is 1. The summed E-state index contributed by atoms with van der Waals surface area (Å²) in [4.78, 5) is 22.2. The highest BCUT2D eigenvalue weighted by Gasteiger charge is 2.37. The van der Waals surface area contributed by atoms with Gasteiger partial charge in [0.25, 0.3) is 5.56 Å². The molecule has 0 unspecified atom stereocenters. The minimum Gasteiger partial charge on any atom is -0.469 e. The molecule has 0 saturated carbocycles. The van der Waals surface area contributed by atoms with Gasteiger partial charge in [-0.05, 0) is 13.3 Å². The van der Waals surface area contributed by atoms with Gasteiger partial charge >= 0.3 is 12.1 Å². The maximum atomic E-state index is 12.8. The number of carbonyl (C=O) groups is 1. The van der Waals surface area contributed by atoms with Crippen LogP contribution < -0.4 is 10.9 Å². The van der Waals surface area contributed by atoms with Crippen molar-refractivity contribution in [3.8, 4) is 0 Å². The molecule has 0 aromatic carbocycles. The van der Waals surface area contributed by atoms with E-state index in [1.165, 1.54) is 7.11 Å². The van der Waals surface area contributed by atoms with Crippen LogP contribution in [0.15, 0.2) is 23.1 Å². The lowest BCUT2D eigenvalue weighted by Crippen LogP contribution is -2.27. The van der Waals surface area contributed by atoms with Crippen LogP contribution in [0.25, 0.3) is 0 Å². The van der Waals surface area contributed by atoms with E-state index in [-0.39, 0.29) is 12.1 Å². The zero-order valence-corrected chi connectivity index (χ0v) is 12.0. The molecule has 0 aliphatic rings. The molecule has 0 aliphatic carbocycles. The second kappa shape index (κ2) is 7.62. The molecule has 1 rings (SSSR count). The van der Waals surface area contributed by atoms with E-state index >= 15 is 0 Å². The van der Waals surface area contributed by atoms with Crippen molar-refractivity contribution < 1.29 is 22.7 Å². The Labute approximate surface area is 124 Å². The fourth-order valence-corrected chi connectivity index (χ4v) is 1.68. The third-order valence-corrected chi connectivity index (χ3v) is 2.71. The van der Waals surface area contributed by atoms with Gasteiger partial charge in [0.2, 0.25) is 0 Å². The summed E-state index contributed by atoms with van der Waals surface area (Å²) in [5, 5.41) is 7.71. The van der Waals surface area contributed by atoms with Crippen LogP contribution in [0.4, 0.5) is 18.9 Å². The van der Waals surface area contributed by atoms with Gasteiger partial charge in [-0.15, -0.1) is 0 Å². The summed E-state index contributed by atoms with van der Waals surface area (Å²) in [5.74, 6) is -0.407. The number of alkyl halides is 3. The summed E-state index contributed by atoms with van der Waals surface area (Å²) >= 11 is 0. The predicted octanol–water partition coefficient (Wildman–Crippen LogP) is 2.10. The maximum Gasteiger partial charge on any atom is 0.423 e. The van der Waals surface area contributed by atoms with Gasteiger partial charge in [-0.2, -0.15) is 18.3 Å². The molecule has 0 fully saturated rings. The largest absolute Gasteiger partial charge is 0.469 e. The van der Waals surface area contributed by atoms with Gasteiger partial charge < -0.3 is 10.1 Å². The lowest BCUT2D eigenvalue weighted by atomic mass is 10.1. The number of carbonyl (C=O) groups excluding carboxylic acids is 1. The van der Waals surface area contributed by atoms with E-state index in [0.29, 0.717) is 6.42 Å². The molecule has 0 spiro atoms. The molecule has 1 aromatic rings. The molecule has 9 heteroatoms. The Morgan fingerprint density at radius 1 is 1.50 bits per heavy atom. The van der Waals surface area contributed by atoms with Gasteiger partial charge in [0, 0.05) is 6.04 Å². The quantitative estimate of drug-likeness (QED) is 0.619. The van der Waals surface area contributed by atoms with Crippen LogP contribution in [-0.4, -0.2) is 29.3 Å². The Bertz CT molecular complexity index is 596. The summed E-state index contributed by atoms with van der Waals surface area (Å²) < 4.78 is 43.0. The second-order valence-electron chi connectivity index (χ2n) is 4.52. The number of esters is 1. The van der Waals surface area contributed by atoms with Crippen molar-refractivity contribution in [3.05, 3.63) is 34.3 Å². The van der Waals surface area contributed by atoms with E-state index in [0.717, 1.165) is 6.20 Å². The second-order valence-corrected chi connectivity index (χ2v) is 4.52. The van der Waals surface area contributed by atoms with Gasteiger partial charge in [-0.3, -0.25) is 9.59 Å². The monoisotopic (exact) mass is 319 g/mol. The Morgan fingerprint density at radius 2 is 2.18 bits per heavy atom. The lowest BCUT2D eigenvalue weighted by molar-refractivity contribution is -0.140. The Balaban J connectivity index is 2.73. The van der Waals surface area contributed by atoms with E-state index in [2.05, 4.69) is 15.2 Å². The number of aromatic nitrogens is 2. The topological polar surface area (TPSA) is 84.1 Å². The number of ether oxygens (including phenoxy) is 1. The normalized spacial score (nSPS) is 13.1. The molecule has 0 amide bonds. The van der Waals surface area contributed by atoms with Crippen molar-refractivity contribution in [1.29, 1.82) is 0 Å². The SMILES string of the molecule is COC(=O)C/C=C/C[C@H](C)Nc1cn[nH]c(=O)c1C(F)(F)F. The summed E-state index contributed by atoms with van der Waals surface area (Å²) in [6.07, 6.45) is -0.212. The van der Waals surface area contributed by atoms with Crippen LogP contribution in [0.5, 0.6) is 0 Å². The molecule has 0 aliphatic heterocycles. The van der Waals surface area contributed by atoms with E-state index in [4.69, 9.17) is 0 Å². The predicted molar refractivity (Wildman–Crippen MR) is 73.3 cm³/mol. The number of methoxy groups -OCH3 is 1. The molecule has 122 valence electrons. The molecule has 1 aromatic heterocycles. The van der Waals surface area contributed by atoms with Crippen LogP contribution in [0.2, 0.25) is 0 Å². The Hall–Kier alpha value is -2.32. The van der Waals surface area contributed by atoms with Crippen molar-refractivity contribution in [2.45, 2.75) is 32.0 Å². The van der Waals surface area contributed by atoms with E-state index in [9.17, 15) is 22.8 Å². The number of aromatic amines is 1. The number of hydrogen-bond donors (Lipinski definition) is 2. The Morgan fingerprint density at radius 3 is 2.77 bits per heavy atom. The van der Waals surface area contributed by atoms with Crippen LogP contribution in [-0.2, 0) is 15.7 Å². The first-order chi connectivity index (χ1) is 10.3. The van der Waals surface area contributed by atoms with Crippen molar-refractivity contribution in [2.24, 2.45) is 0 Å². The first kappa shape index (κ1) is 17.7. The van der Waals surface area contributed by atoms with Crippen molar-refractivity contribution >= 4 is 11.7 Å². The number of nitrogens with zero attached hydrogens (tertiary/aromatic N) is 1. The Kier molecular flexibility index (Phi) is 6.14. The zero-order valence-electron chi connectivity index (χ0n) is 12.0. The third kappa shape index (κ3) is 5.23. The highest BCUT2D eigenvalue weighted by Crippen LogP contribution is 2.31. The molecule has 1 atom stereocenters. The molecule has 22 heavy (non-hydrogen) atoms. The van der Waals surface area contributed by atoms with Crippen molar-refractivity contribution in [3.63, 3.8) is 0 Å². The smallest absolute Gasteiger partial charge is 0.423 e. The van der Waals surface area contributed by atoms with E-state index in [1.54, 1.807) is 24.2 Å². The van der Waals surface area contributed by atoms with E-state index < -0.39 is 29.3 Å². The number of hydrogen-bond acceptors (Lipinski definition) is 5. The maximum absolute atomic E-state index is 12.8. The van der Waals surface area contributed by atoms with Crippen LogP contribution in [0, 0.1) is 0 Å². The fourth-order valence-electron chi connectivity index (χ4n) is 1.68. The lowest BCUT2D eigenvalue weighted by Gasteiger charge is -2.16. The minimum absolute atomic E-state index is 0.0869. The van der Waals surface area contributed by atoms with E-state index in [1.807, 2.05) is 0 Å². The highest BCUT2D eigenvalue weighted by atomic mass is 19.4. The average Bonchev–Trinajstić information content (AvgIpc) is 2.41. The third-order valence-electron chi connectivity index (χ3n) is 2.71. The highest BCUT2D eigenvalue weighted by molar-refractivity contribution is 5.70. The number of halogens is 3. The minimum atomic E-state index is -4.78. The molecular weight excluding hydrogens is 303 g/mol. The molecule has 0 saturated heterocycles. The molecular formula is C13H16F3N3O3. The summed E-state index contributed by atoms with van der Waals surface area (Å²) in [7, 11) is 1.26.